The fraction of sp³-hybridized carbons (Fsp3) is 0. The van der Waals surface area contributed by atoms with Gasteiger partial charge in [0.2, 0.25) is 0 Å². The van der Waals surface area contributed by atoms with Gasteiger partial charge in [0.1, 0.15) is 0 Å². The predicted octanol–water partition coefficient (Wildman–Crippen LogP) is 5.76. The summed E-state index contributed by atoms with van der Waals surface area (Å²) in [6, 6.07) is 16.9. The van der Waals surface area contributed by atoms with Gasteiger partial charge in [0.15, 0.2) is 5.82 Å². The molecular weight excluding hydrogens is 315 g/mol. The van der Waals surface area contributed by atoms with Crippen LogP contribution in [-0.2, 0) is 0 Å². The third-order valence-electron chi connectivity index (χ3n) is 3.20. The quantitative estimate of drug-likeness (QED) is 0.611. The fourth-order valence-corrected chi connectivity index (χ4v) is 2.32. The van der Waals surface area contributed by atoms with Crippen molar-refractivity contribution in [1.29, 1.82) is 0 Å². The van der Waals surface area contributed by atoms with Crippen LogP contribution in [0.2, 0.25) is 10.0 Å². The first-order valence-electron chi connectivity index (χ1n) is 6.69. The van der Waals surface area contributed by atoms with E-state index in [4.69, 9.17) is 23.2 Å². The Balaban J connectivity index is 2.12. The largest absolute Gasteiger partial charge is 0.229 e. The molecule has 0 saturated carbocycles. The second kappa shape index (κ2) is 6.30. The molecular formula is C18H12Cl2N2. The van der Waals surface area contributed by atoms with Gasteiger partial charge in [0.25, 0.3) is 0 Å². The van der Waals surface area contributed by atoms with Crippen LogP contribution in [0.4, 0.5) is 0 Å². The lowest BCUT2D eigenvalue weighted by Gasteiger charge is -2.07. The molecule has 1 aromatic heterocycles. The molecule has 0 spiro atoms. The van der Waals surface area contributed by atoms with E-state index < -0.39 is 0 Å². The van der Waals surface area contributed by atoms with Crippen LogP contribution < -0.4 is 0 Å². The molecule has 0 aliphatic carbocycles. The van der Waals surface area contributed by atoms with E-state index in [2.05, 4.69) is 16.5 Å². The zero-order chi connectivity index (χ0) is 15.5. The maximum atomic E-state index is 5.94. The van der Waals surface area contributed by atoms with Crippen LogP contribution in [0.3, 0.4) is 0 Å². The molecule has 0 unspecified atom stereocenters. The highest BCUT2D eigenvalue weighted by Gasteiger charge is 2.07. The molecule has 1 heterocycles. The highest BCUT2D eigenvalue weighted by Crippen LogP contribution is 2.25. The van der Waals surface area contributed by atoms with Crippen molar-refractivity contribution in [3.8, 4) is 22.6 Å². The molecule has 22 heavy (non-hydrogen) atoms. The lowest BCUT2D eigenvalue weighted by molar-refractivity contribution is 1.16. The summed E-state index contributed by atoms with van der Waals surface area (Å²) in [4.78, 5) is 9.13. The molecule has 0 aliphatic heterocycles. The van der Waals surface area contributed by atoms with Crippen molar-refractivity contribution in [1.82, 2.24) is 9.97 Å². The van der Waals surface area contributed by atoms with Gasteiger partial charge in [-0.05, 0) is 48.5 Å². The molecule has 108 valence electrons. The maximum Gasteiger partial charge on any atom is 0.160 e. The molecule has 0 aliphatic rings. The number of aromatic nitrogens is 2. The average Bonchev–Trinajstić information content (AvgIpc) is 2.55. The van der Waals surface area contributed by atoms with Crippen molar-refractivity contribution in [2.24, 2.45) is 0 Å². The molecule has 3 rings (SSSR count). The molecule has 3 aromatic rings. The molecule has 2 aromatic carbocycles. The zero-order valence-corrected chi connectivity index (χ0v) is 13.1. The highest BCUT2D eigenvalue weighted by molar-refractivity contribution is 6.30. The third-order valence-corrected chi connectivity index (χ3v) is 3.70. The Hall–Kier alpha value is -2.16. The Morgan fingerprint density at radius 1 is 0.773 bits per heavy atom. The SMILES string of the molecule is C=Cc1cc(-c2ccc(Cl)cc2)nc(-c2ccc(Cl)cc2)n1. The molecule has 0 fully saturated rings. The second-order valence-electron chi connectivity index (χ2n) is 4.72. The third kappa shape index (κ3) is 3.19. The normalized spacial score (nSPS) is 10.5. The van der Waals surface area contributed by atoms with Crippen molar-refractivity contribution in [2.75, 3.05) is 0 Å². The van der Waals surface area contributed by atoms with Crippen molar-refractivity contribution in [3.63, 3.8) is 0 Å². The summed E-state index contributed by atoms with van der Waals surface area (Å²) in [5.41, 5.74) is 3.48. The van der Waals surface area contributed by atoms with E-state index in [0.29, 0.717) is 15.9 Å². The summed E-state index contributed by atoms with van der Waals surface area (Å²) < 4.78 is 0. The van der Waals surface area contributed by atoms with E-state index in [1.54, 1.807) is 6.08 Å². The standard InChI is InChI=1S/C18H12Cl2N2/c1-2-16-11-17(12-3-7-14(19)8-4-12)22-18(21-16)13-5-9-15(20)10-6-13/h2-11H,1H2. The van der Waals surface area contributed by atoms with Gasteiger partial charge in [-0.15, -0.1) is 0 Å². The number of hydrogen-bond donors (Lipinski definition) is 0. The summed E-state index contributed by atoms with van der Waals surface area (Å²) in [6.45, 7) is 3.80. The van der Waals surface area contributed by atoms with Crippen molar-refractivity contribution >= 4 is 29.3 Å². The van der Waals surface area contributed by atoms with Crippen LogP contribution in [0.25, 0.3) is 28.7 Å². The lowest BCUT2D eigenvalue weighted by Crippen LogP contribution is -1.95. The van der Waals surface area contributed by atoms with E-state index in [1.807, 2.05) is 54.6 Å². The van der Waals surface area contributed by atoms with Crippen LogP contribution in [0.1, 0.15) is 5.69 Å². The number of benzene rings is 2. The first-order valence-corrected chi connectivity index (χ1v) is 7.45. The summed E-state index contributed by atoms with van der Waals surface area (Å²) >= 11 is 11.9. The summed E-state index contributed by atoms with van der Waals surface area (Å²) in [5, 5.41) is 1.38. The van der Waals surface area contributed by atoms with Crippen molar-refractivity contribution in [2.45, 2.75) is 0 Å². The summed E-state index contributed by atoms with van der Waals surface area (Å²) in [5.74, 6) is 0.638. The van der Waals surface area contributed by atoms with Gasteiger partial charge < -0.3 is 0 Å². The van der Waals surface area contributed by atoms with E-state index in [0.717, 1.165) is 22.5 Å². The van der Waals surface area contributed by atoms with E-state index in [9.17, 15) is 0 Å². The average molecular weight is 327 g/mol. The minimum absolute atomic E-state index is 0.638. The molecule has 0 N–H and O–H groups in total. The molecule has 0 bridgehead atoms. The maximum absolute atomic E-state index is 5.94. The summed E-state index contributed by atoms with van der Waals surface area (Å²) in [6.07, 6.45) is 1.71. The first-order chi connectivity index (χ1) is 10.7. The molecule has 4 heteroatoms. The van der Waals surface area contributed by atoms with Crippen LogP contribution in [-0.4, -0.2) is 9.97 Å². The Morgan fingerprint density at radius 3 is 1.86 bits per heavy atom. The number of rotatable bonds is 3. The molecule has 0 amide bonds. The Labute approximate surface area is 139 Å². The Morgan fingerprint density at radius 2 is 1.32 bits per heavy atom. The highest BCUT2D eigenvalue weighted by atomic mass is 35.5. The predicted molar refractivity (Wildman–Crippen MR) is 93.0 cm³/mol. The topological polar surface area (TPSA) is 25.8 Å². The lowest BCUT2D eigenvalue weighted by atomic mass is 10.1. The Bertz CT molecular complexity index is 746. The van der Waals surface area contributed by atoms with Crippen molar-refractivity contribution in [3.05, 3.63) is 76.9 Å². The molecule has 0 saturated heterocycles. The van der Waals surface area contributed by atoms with Gasteiger partial charge in [0, 0.05) is 21.2 Å². The van der Waals surface area contributed by atoms with Crippen molar-refractivity contribution < 1.29 is 0 Å². The smallest absolute Gasteiger partial charge is 0.160 e. The number of hydrogen-bond acceptors (Lipinski definition) is 2. The first kappa shape index (κ1) is 14.8. The van der Waals surface area contributed by atoms with Crippen LogP contribution >= 0.6 is 23.2 Å². The zero-order valence-electron chi connectivity index (χ0n) is 11.6. The number of halogens is 2. The van der Waals surface area contributed by atoms with Gasteiger partial charge >= 0.3 is 0 Å². The molecule has 0 radical (unpaired) electrons. The van der Waals surface area contributed by atoms with Crippen LogP contribution in [0.15, 0.2) is 61.2 Å². The minimum Gasteiger partial charge on any atom is -0.229 e. The fourth-order valence-electron chi connectivity index (χ4n) is 2.07. The molecule has 0 atom stereocenters. The van der Waals surface area contributed by atoms with Gasteiger partial charge in [0.05, 0.1) is 11.4 Å². The van der Waals surface area contributed by atoms with Crippen LogP contribution in [0.5, 0.6) is 0 Å². The monoisotopic (exact) mass is 326 g/mol. The van der Waals surface area contributed by atoms with Gasteiger partial charge in [-0.25, -0.2) is 9.97 Å². The molecule has 2 nitrogen and oxygen atoms in total. The Kier molecular flexibility index (Phi) is 4.23. The van der Waals surface area contributed by atoms with Gasteiger partial charge in [-0.3, -0.25) is 0 Å². The minimum atomic E-state index is 0.638. The van der Waals surface area contributed by atoms with Crippen LogP contribution in [0, 0.1) is 0 Å². The van der Waals surface area contributed by atoms with Gasteiger partial charge in [-0.2, -0.15) is 0 Å². The van der Waals surface area contributed by atoms with E-state index >= 15 is 0 Å². The summed E-state index contributed by atoms with van der Waals surface area (Å²) in [7, 11) is 0. The second-order valence-corrected chi connectivity index (χ2v) is 5.59. The van der Waals surface area contributed by atoms with E-state index in [-0.39, 0.29) is 0 Å². The number of nitrogens with zero attached hydrogens (tertiary/aromatic N) is 2. The van der Waals surface area contributed by atoms with Gasteiger partial charge in [-0.1, -0.05) is 41.9 Å². The van der Waals surface area contributed by atoms with E-state index in [1.165, 1.54) is 0 Å².